The third-order valence-corrected chi connectivity index (χ3v) is 4.54. The van der Waals surface area contributed by atoms with Crippen LogP contribution >= 0.6 is 0 Å². The summed E-state index contributed by atoms with van der Waals surface area (Å²) in [6, 6.07) is 14.7. The van der Waals surface area contributed by atoms with Crippen LogP contribution in [0.4, 0.5) is 11.4 Å². The van der Waals surface area contributed by atoms with Gasteiger partial charge in [0.15, 0.2) is 0 Å². The summed E-state index contributed by atoms with van der Waals surface area (Å²) in [6.45, 7) is 10.5. The standard InChI is InChI=1S/C25H35N3O3/c1-5-13-28(14-6-2)25(30)20-9-7-10-21(15-20)26-17-24(29)27-22-11-8-12-23(16-22)31-18-19(3)4/h7-12,15-16,19,26H,5-6,13-14,17-18H2,1-4H3,(H,27,29). The highest BCUT2D eigenvalue weighted by molar-refractivity contribution is 5.96. The molecule has 0 radical (unpaired) electrons. The van der Waals surface area contributed by atoms with Gasteiger partial charge in [0.25, 0.3) is 5.91 Å². The lowest BCUT2D eigenvalue weighted by atomic mass is 10.1. The second kappa shape index (κ2) is 12.6. The molecule has 2 N–H and O–H groups in total. The van der Waals surface area contributed by atoms with Gasteiger partial charge in [-0.3, -0.25) is 9.59 Å². The molecule has 2 amide bonds. The zero-order valence-electron chi connectivity index (χ0n) is 19.1. The number of benzene rings is 2. The Kier molecular flexibility index (Phi) is 9.88. The summed E-state index contributed by atoms with van der Waals surface area (Å²) in [4.78, 5) is 27.0. The Morgan fingerprint density at radius 2 is 1.65 bits per heavy atom. The van der Waals surface area contributed by atoms with E-state index in [0.29, 0.717) is 23.8 Å². The van der Waals surface area contributed by atoms with Gasteiger partial charge in [-0.05, 0) is 49.1 Å². The fraction of sp³-hybridized carbons (Fsp3) is 0.440. The van der Waals surface area contributed by atoms with Crippen molar-refractivity contribution in [1.82, 2.24) is 4.90 Å². The Hall–Kier alpha value is -3.02. The van der Waals surface area contributed by atoms with E-state index in [4.69, 9.17) is 4.74 Å². The number of ether oxygens (including phenoxy) is 1. The summed E-state index contributed by atoms with van der Waals surface area (Å²) < 4.78 is 5.71. The molecule has 0 unspecified atom stereocenters. The maximum Gasteiger partial charge on any atom is 0.253 e. The summed E-state index contributed by atoms with van der Waals surface area (Å²) in [5, 5.41) is 5.98. The van der Waals surface area contributed by atoms with Crippen LogP contribution in [0.1, 0.15) is 50.9 Å². The first-order valence-corrected chi connectivity index (χ1v) is 11.1. The summed E-state index contributed by atoms with van der Waals surface area (Å²) in [5.41, 5.74) is 2.05. The van der Waals surface area contributed by atoms with E-state index in [2.05, 4.69) is 38.3 Å². The van der Waals surface area contributed by atoms with Crippen LogP contribution in [0.5, 0.6) is 5.75 Å². The van der Waals surface area contributed by atoms with E-state index < -0.39 is 0 Å². The smallest absolute Gasteiger partial charge is 0.253 e. The number of hydrogen-bond acceptors (Lipinski definition) is 4. The minimum Gasteiger partial charge on any atom is -0.493 e. The lowest BCUT2D eigenvalue weighted by Gasteiger charge is -2.21. The highest BCUT2D eigenvalue weighted by Crippen LogP contribution is 2.18. The SMILES string of the molecule is CCCN(CCC)C(=O)c1cccc(NCC(=O)Nc2cccc(OCC(C)C)c2)c1. The number of nitrogens with zero attached hydrogens (tertiary/aromatic N) is 1. The van der Waals surface area contributed by atoms with Gasteiger partial charge in [-0.15, -0.1) is 0 Å². The number of hydrogen-bond donors (Lipinski definition) is 2. The van der Waals surface area contributed by atoms with Crippen LogP contribution in [0.25, 0.3) is 0 Å². The van der Waals surface area contributed by atoms with Gasteiger partial charge >= 0.3 is 0 Å². The maximum atomic E-state index is 12.8. The van der Waals surface area contributed by atoms with Crippen molar-refractivity contribution in [2.45, 2.75) is 40.5 Å². The van der Waals surface area contributed by atoms with Crippen LogP contribution in [0.3, 0.4) is 0 Å². The highest BCUT2D eigenvalue weighted by Gasteiger charge is 2.14. The van der Waals surface area contributed by atoms with E-state index >= 15 is 0 Å². The first-order chi connectivity index (χ1) is 14.9. The quantitative estimate of drug-likeness (QED) is 0.500. The number of rotatable bonds is 12. The Bertz CT molecular complexity index is 845. The van der Waals surface area contributed by atoms with E-state index in [9.17, 15) is 9.59 Å². The van der Waals surface area contributed by atoms with Gasteiger partial charge in [0.05, 0.1) is 13.2 Å². The number of carbonyl (C=O) groups is 2. The normalized spacial score (nSPS) is 10.6. The van der Waals surface area contributed by atoms with Crippen molar-refractivity contribution in [3.63, 3.8) is 0 Å². The van der Waals surface area contributed by atoms with E-state index in [1.807, 2.05) is 47.4 Å². The van der Waals surface area contributed by atoms with E-state index in [-0.39, 0.29) is 18.4 Å². The maximum absolute atomic E-state index is 12.8. The fourth-order valence-electron chi connectivity index (χ4n) is 3.11. The zero-order chi connectivity index (χ0) is 22.6. The molecular formula is C25H35N3O3. The largest absolute Gasteiger partial charge is 0.493 e. The summed E-state index contributed by atoms with van der Waals surface area (Å²) in [6.07, 6.45) is 1.85. The predicted molar refractivity (Wildman–Crippen MR) is 127 cm³/mol. The van der Waals surface area contributed by atoms with Crippen LogP contribution in [-0.2, 0) is 4.79 Å². The van der Waals surface area contributed by atoms with Crippen molar-refractivity contribution >= 4 is 23.2 Å². The minimum atomic E-state index is -0.170. The number of amides is 2. The summed E-state index contributed by atoms with van der Waals surface area (Å²) in [7, 11) is 0. The van der Waals surface area contributed by atoms with Crippen molar-refractivity contribution in [1.29, 1.82) is 0 Å². The highest BCUT2D eigenvalue weighted by atomic mass is 16.5. The molecule has 0 heterocycles. The van der Waals surface area contributed by atoms with Gasteiger partial charge < -0.3 is 20.3 Å². The van der Waals surface area contributed by atoms with Gasteiger partial charge in [0.2, 0.25) is 5.91 Å². The molecule has 0 spiro atoms. The van der Waals surface area contributed by atoms with E-state index in [0.717, 1.165) is 37.4 Å². The molecule has 6 nitrogen and oxygen atoms in total. The second-order valence-electron chi connectivity index (χ2n) is 8.01. The molecule has 0 saturated heterocycles. The van der Waals surface area contributed by atoms with Gasteiger partial charge in [-0.2, -0.15) is 0 Å². The van der Waals surface area contributed by atoms with E-state index in [1.54, 1.807) is 6.07 Å². The lowest BCUT2D eigenvalue weighted by molar-refractivity contribution is -0.114. The predicted octanol–water partition coefficient (Wildman–Crippen LogP) is 5.03. The van der Waals surface area contributed by atoms with Crippen molar-refractivity contribution in [2.75, 3.05) is 36.9 Å². The summed E-state index contributed by atoms with van der Waals surface area (Å²) >= 11 is 0. The van der Waals surface area contributed by atoms with Crippen LogP contribution < -0.4 is 15.4 Å². The topological polar surface area (TPSA) is 70.7 Å². The molecule has 0 aromatic heterocycles. The van der Waals surface area contributed by atoms with Crippen LogP contribution in [-0.4, -0.2) is 43.0 Å². The van der Waals surface area contributed by atoms with Gasteiger partial charge in [0.1, 0.15) is 5.75 Å². The number of carbonyl (C=O) groups excluding carboxylic acids is 2. The molecule has 0 saturated carbocycles. The Morgan fingerprint density at radius 3 is 2.32 bits per heavy atom. The van der Waals surface area contributed by atoms with Gasteiger partial charge in [-0.25, -0.2) is 0 Å². The van der Waals surface area contributed by atoms with Crippen LogP contribution in [0.2, 0.25) is 0 Å². The molecule has 0 atom stereocenters. The molecule has 2 aromatic rings. The average molecular weight is 426 g/mol. The second-order valence-corrected chi connectivity index (χ2v) is 8.01. The molecule has 6 heteroatoms. The third kappa shape index (κ3) is 8.32. The Labute approximate surface area is 186 Å². The molecule has 0 aliphatic heterocycles. The molecule has 31 heavy (non-hydrogen) atoms. The lowest BCUT2D eigenvalue weighted by Crippen LogP contribution is -2.32. The molecule has 0 bridgehead atoms. The Morgan fingerprint density at radius 1 is 0.968 bits per heavy atom. The molecule has 2 aromatic carbocycles. The van der Waals surface area contributed by atoms with Crippen LogP contribution in [0.15, 0.2) is 48.5 Å². The number of anilines is 2. The van der Waals surface area contributed by atoms with Crippen molar-refractivity contribution in [3.8, 4) is 5.75 Å². The first kappa shape index (κ1) is 24.3. The van der Waals surface area contributed by atoms with E-state index in [1.165, 1.54) is 0 Å². The van der Waals surface area contributed by atoms with Gasteiger partial charge in [-0.1, -0.05) is 39.8 Å². The molecule has 0 aliphatic carbocycles. The minimum absolute atomic E-state index is 0.0232. The molecule has 0 fully saturated rings. The fourth-order valence-corrected chi connectivity index (χ4v) is 3.11. The van der Waals surface area contributed by atoms with Crippen molar-refractivity contribution in [2.24, 2.45) is 5.92 Å². The van der Waals surface area contributed by atoms with Crippen molar-refractivity contribution in [3.05, 3.63) is 54.1 Å². The zero-order valence-corrected chi connectivity index (χ0v) is 19.1. The van der Waals surface area contributed by atoms with Gasteiger partial charge in [0, 0.05) is 36.1 Å². The molecular weight excluding hydrogens is 390 g/mol. The monoisotopic (exact) mass is 425 g/mol. The van der Waals surface area contributed by atoms with Crippen molar-refractivity contribution < 1.29 is 14.3 Å². The average Bonchev–Trinajstić information content (AvgIpc) is 2.76. The summed E-state index contributed by atoms with van der Waals surface area (Å²) in [5.74, 6) is 1.02. The Balaban J connectivity index is 1.93. The molecule has 2 rings (SSSR count). The first-order valence-electron chi connectivity index (χ1n) is 11.1. The third-order valence-electron chi connectivity index (χ3n) is 4.54. The number of nitrogens with one attached hydrogen (secondary N) is 2. The molecule has 0 aliphatic rings. The molecule has 168 valence electrons. The van der Waals surface area contributed by atoms with Crippen LogP contribution in [0, 0.1) is 5.92 Å².